The standard InChI is InChI=1S/C28H17NO2/c30-29(31)27-15-6-5-11-23(27)19-13-7-14-25-22(19)16-17-26-21-10-2-1-8-18(21)20-9-3-4-12-24(20)28(25)26/h1-17H. The number of fused-ring (bicyclic) bond motifs is 8. The van der Waals surface area contributed by atoms with Crippen LogP contribution in [0, 0.1) is 10.1 Å². The lowest BCUT2D eigenvalue weighted by Crippen LogP contribution is -1.92. The molecular weight excluding hydrogens is 382 g/mol. The van der Waals surface area contributed by atoms with Crippen LogP contribution in [-0.4, -0.2) is 4.92 Å². The number of nitro groups is 1. The van der Waals surface area contributed by atoms with Crippen molar-refractivity contribution in [1.29, 1.82) is 0 Å². The Morgan fingerprint density at radius 2 is 0.903 bits per heavy atom. The zero-order valence-electron chi connectivity index (χ0n) is 16.6. The van der Waals surface area contributed by atoms with E-state index < -0.39 is 0 Å². The van der Waals surface area contributed by atoms with Gasteiger partial charge >= 0.3 is 0 Å². The number of nitrogens with zero attached hydrogens (tertiary/aromatic N) is 1. The predicted molar refractivity (Wildman–Crippen MR) is 129 cm³/mol. The van der Waals surface area contributed by atoms with Crippen molar-refractivity contribution in [1.82, 2.24) is 0 Å². The van der Waals surface area contributed by atoms with Gasteiger partial charge < -0.3 is 0 Å². The molecule has 0 saturated carbocycles. The van der Waals surface area contributed by atoms with E-state index in [1.807, 2.05) is 24.3 Å². The fourth-order valence-electron chi connectivity index (χ4n) is 4.86. The first-order chi connectivity index (χ1) is 15.2. The van der Waals surface area contributed by atoms with Crippen LogP contribution in [0.1, 0.15) is 0 Å². The van der Waals surface area contributed by atoms with Crippen molar-refractivity contribution >= 4 is 48.8 Å². The van der Waals surface area contributed by atoms with Crippen LogP contribution in [0.2, 0.25) is 0 Å². The average molecular weight is 399 g/mol. The molecule has 3 nitrogen and oxygen atoms in total. The summed E-state index contributed by atoms with van der Waals surface area (Å²) >= 11 is 0. The Bertz CT molecular complexity index is 1630. The molecule has 6 rings (SSSR count). The first kappa shape index (κ1) is 17.6. The highest BCUT2D eigenvalue weighted by Gasteiger charge is 2.18. The molecule has 0 bridgehead atoms. The molecule has 0 unspecified atom stereocenters. The Morgan fingerprint density at radius 3 is 1.61 bits per heavy atom. The second-order valence-corrected chi connectivity index (χ2v) is 7.75. The van der Waals surface area contributed by atoms with E-state index in [2.05, 4.69) is 66.7 Å². The summed E-state index contributed by atoms with van der Waals surface area (Å²) in [6, 6.07) is 34.3. The fourth-order valence-corrected chi connectivity index (χ4v) is 4.86. The van der Waals surface area contributed by atoms with Crippen molar-refractivity contribution in [2.24, 2.45) is 0 Å². The summed E-state index contributed by atoms with van der Waals surface area (Å²) in [6.07, 6.45) is 0. The predicted octanol–water partition coefficient (Wildman–Crippen LogP) is 7.87. The number of benzene rings is 6. The number of hydrogen-bond acceptors (Lipinski definition) is 2. The van der Waals surface area contributed by atoms with E-state index in [0.717, 1.165) is 16.3 Å². The van der Waals surface area contributed by atoms with Gasteiger partial charge in [-0.25, -0.2) is 0 Å². The number of hydrogen-bond donors (Lipinski definition) is 0. The Morgan fingerprint density at radius 1 is 0.452 bits per heavy atom. The third kappa shape index (κ3) is 2.53. The molecular formula is C28H17NO2. The average Bonchev–Trinajstić information content (AvgIpc) is 2.83. The van der Waals surface area contributed by atoms with Crippen molar-refractivity contribution < 1.29 is 4.92 Å². The molecule has 0 saturated heterocycles. The zero-order valence-corrected chi connectivity index (χ0v) is 16.6. The highest BCUT2D eigenvalue weighted by molar-refractivity contribution is 6.32. The summed E-state index contributed by atoms with van der Waals surface area (Å²) in [5, 5.41) is 21.0. The fraction of sp³-hybridized carbons (Fsp3) is 0. The summed E-state index contributed by atoms with van der Waals surface area (Å²) in [5.74, 6) is 0. The topological polar surface area (TPSA) is 43.1 Å². The van der Waals surface area contributed by atoms with Crippen LogP contribution < -0.4 is 0 Å². The Kier molecular flexibility index (Phi) is 3.77. The van der Waals surface area contributed by atoms with Gasteiger partial charge in [0, 0.05) is 6.07 Å². The Hall–Kier alpha value is -4.24. The molecule has 0 radical (unpaired) electrons. The van der Waals surface area contributed by atoms with Gasteiger partial charge in [0.05, 0.1) is 10.5 Å². The van der Waals surface area contributed by atoms with E-state index in [4.69, 9.17) is 0 Å². The van der Waals surface area contributed by atoms with Gasteiger partial charge in [0.25, 0.3) is 5.69 Å². The van der Waals surface area contributed by atoms with Crippen LogP contribution in [0.25, 0.3) is 54.2 Å². The molecule has 0 amide bonds. The van der Waals surface area contributed by atoms with Gasteiger partial charge in [0.2, 0.25) is 0 Å². The van der Waals surface area contributed by atoms with Gasteiger partial charge in [-0.3, -0.25) is 10.1 Å². The second-order valence-electron chi connectivity index (χ2n) is 7.75. The van der Waals surface area contributed by atoms with E-state index in [1.165, 1.54) is 32.3 Å². The number of nitro benzene ring substituents is 1. The lowest BCUT2D eigenvalue weighted by atomic mass is 9.89. The Balaban J connectivity index is 1.83. The molecule has 3 heteroatoms. The minimum absolute atomic E-state index is 0.124. The monoisotopic (exact) mass is 399 g/mol. The first-order valence-corrected chi connectivity index (χ1v) is 10.2. The van der Waals surface area contributed by atoms with Gasteiger partial charge in [0.1, 0.15) is 0 Å². The maximum atomic E-state index is 11.7. The van der Waals surface area contributed by atoms with Gasteiger partial charge in [-0.1, -0.05) is 91.0 Å². The molecule has 0 aliphatic carbocycles. The Labute approximate surface area is 178 Å². The number of para-hydroxylation sites is 1. The van der Waals surface area contributed by atoms with Gasteiger partial charge in [-0.05, 0) is 54.7 Å². The molecule has 0 heterocycles. The SMILES string of the molecule is O=[N+]([O-])c1ccccc1-c1cccc2c1ccc1c3ccccc3c3ccccc3c21. The van der Waals surface area contributed by atoms with Crippen LogP contribution in [0.3, 0.4) is 0 Å². The minimum atomic E-state index is -0.307. The third-order valence-corrected chi connectivity index (χ3v) is 6.16. The third-order valence-electron chi connectivity index (χ3n) is 6.16. The molecule has 31 heavy (non-hydrogen) atoms. The molecule has 0 aliphatic rings. The molecule has 0 atom stereocenters. The molecule has 0 N–H and O–H groups in total. The summed E-state index contributed by atoms with van der Waals surface area (Å²) < 4.78 is 0. The van der Waals surface area contributed by atoms with Crippen molar-refractivity contribution in [3.8, 4) is 11.1 Å². The van der Waals surface area contributed by atoms with Crippen LogP contribution >= 0.6 is 0 Å². The van der Waals surface area contributed by atoms with Crippen LogP contribution in [0.5, 0.6) is 0 Å². The van der Waals surface area contributed by atoms with Crippen molar-refractivity contribution in [2.45, 2.75) is 0 Å². The molecule has 146 valence electrons. The van der Waals surface area contributed by atoms with Gasteiger partial charge in [0.15, 0.2) is 0 Å². The van der Waals surface area contributed by atoms with E-state index in [1.54, 1.807) is 12.1 Å². The first-order valence-electron chi connectivity index (χ1n) is 10.2. The maximum Gasteiger partial charge on any atom is 0.277 e. The van der Waals surface area contributed by atoms with E-state index >= 15 is 0 Å². The summed E-state index contributed by atoms with van der Waals surface area (Å²) in [4.78, 5) is 11.4. The van der Waals surface area contributed by atoms with E-state index in [-0.39, 0.29) is 10.6 Å². The maximum absolute atomic E-state index is 11.7. The molecule has 6 aromatic carbocycles. The lowest BCUT2D eigenvalue weighted by Gasteiger charge is -2.14. The molecule has 0 spiro atoms. The number of rotatable bonds is 2. The molecule has 0 aliphatic heterocycles. The minimum Gasteiger partial charge on any atom is -0.258 e. The van der Waals surface area contributed by atoms with Gasteiger partial charge in [-0.15, -0.1) is 0 Å². The smallest absolute Gasteiger partial charge is 0.258 e. The normalized spacial score (nSPS) is 11.5. The van der Waals surface area contributed by atoms with E-state index in [9.17, 15) is 10.1 Å². The molecule has 6 aromatic rings. The lowest BCUT2D eigenvalue weighted by molar-refractivity contribution is -0.384. The van der Waals surface area contributed by atoms with Crippen molar-refractivity contribution in [2.75, 3.05) is 0 Å². The largest absolute Gasteiger partial charge is 0.277 e. The van der Waals surface area contributed by atoms with Crippen LogP contribution in [0.4, 0.5) is 5.69 Å². The zero-order chi connectivity index (χ0) is 20.9. The summed E-state index contributed by atoms with van der Waals surface area (Å²) in [5.41, 5.74) is 1.64. The summed E-state index contributed by atoms with van der Waals surface area (Å²) in [7, 11) is 0. The van der Waals surface area contributed by atoms with E-state index in [0.29, 0.717) is 5.56 Å². The quantitative estimate of drug-likeness (QED) is 0.169. The van der Waals surface area contributed by atoms with Gasteiger partial charge in [-0.2, -0.15) is 0 Å². The van der Waals surface area contributed by atoms with Crippen LogP contribution in [0.15, 0.2) is 103 Å². The highest BCUT2D eigenvalue weighted by Crippen LogP contribution is 2.42. The highest BCUT2D eigenvalue weighted by atomic mass is 16.6. The van der Waals surface area contributed by atoms with Crippen molar-refractivity contribution in [3.63, 3.8) is 0 Å². The summed E-state index contributed by atoms with van der Waals surface area (Å²) in [6.45, 7) is 0. The van der Waals surface area contributed by atoms with Crippen molar-refractivity contribution in [3.05, 3.63) is 113 Å². The molecule has 0 fully saturated rings. The molecule has 0 aromatic heterocycles. The van der Waals surface area contributed by atoms with Crippen LogP contribution in [-0.2, 0) is 0 Å². The second kappa shape index (κ2) is 6.64.